The number of anilines is 1. The predicted octanol–water partition coefficient (Wildman–Crippen LogP) is 3.63. The summed E-state index contributed by atoms with van der Waals surface area (Å²) in [5.41, 5.74) is 0.871. The van der Waals surface area contributed by atoms with Gasteiger partial charge in [0.25, 0.3) is 17.5 Å². The second-order valence-electron chi connectivity index (χ2n) is 6.20. The van der Waals surface area contributed by atoms with Crippen LogP contribution in [-0.2, 0) is 6.42 Å². The maximum absolute atomic E-state index is 12.3. The van der Waals surface area contributed by atoms with Gasteiger partial charge < -0.3 is 5.32 Å². The molecule has 0 spiro atoms. The Hall–Kier alpha value is -3.37. The summed E-state index contributed by atoms with van der Waals surface area (Å²) in [4.78, 5) is 35.0. The molecule has 30 heavy (non-hydrogen) atoms. The molecule has 2 aromatic carbocycles. The Kier molecular flexibility index (Phi) is 6.70. The number of carbonyl (C=O) groups is 2. The zero-order valence-electron chi connectivity index (χ0n) is 15.7. The molecule has 1 aromatic heterocycles. The number of aromatic nitrogens is 2. The van der Waals surface area contributed by atoms with E-state index in [1.165, 1.54) is 18.2 Å². The first-order valence-corrected chi connectivity index (χ1v) is 9.96. The molecular formula is C19H16ClN5O4S. The number of rotatable bonds is 7. The van der Waals surface area contributed by atoms with Crippen LogP contribution in [0.15, 0.2) is 42.5 Å². The summed E-state index contributed by atoms with van der Waals surface area (Å²) in [7, 11) is 0. The molecular weight excluding hydrogens is 430 g/mol. The molecule has 0 aliphatic carbocycles. The van der Waals surface area contributed by atoms with Crippen molar-refractivity contribution in [2.45, 2.75) is 13.3 Å². The van der Waals surface area contributed by atoms with Gasteiger partial charge in [-0.25, -0.2) is 0 Å². The summed E-state index contributed by atoms with van der Waals surface area (Å²) in [5.74, 6) is -0.813. The van der Waals surface area contributed by atoms with Gasteiger partial charge in [0, 0.05) is 30.2 Å². The number of hydrogen-bond donors (Lipinski definition) is 2. The second kappa shape index (κ2) is 9.42. The maximum Gasteiger partial charge on any atom is 0.273 e. The van der Waals surface area contributed by atoms with Gasteiger partial charge in [-0.05, 0) is 25.1 Å². The minimum Gasteiger partial charge on any atom is -0.352 e. The van der Waals surface area contributed by atoms with Crippen molar-refractivity contribution in [2.75, 3.05) is 11.9 Å². The molecule has 0 saturated heterocycles. The molecule has 0 fully saturated rings. The van der Waals surface area contributed by atoms with Gasteiger partial charge in [0.05, 0.1) is 15.5 Å². The van der Waals surface area contributed by atoms with Gasteiger partial charge in [0.1, 0.15) is 5.01 Å². The summed E-state index contributed by atoms with van der Waals surface area (Å²) in [6.07, 6.45) is 0.416. The predicted molar refractivity (Wildman–Crippen MR) is 113 cm³/mol. The Morgan fingerprint density at radius 3 is 2.67 bits per heavy atom. The molecule has 154 valence electrons. The number of amides is 2. The standard InChI is InChI=1S/C19H16ClN5O4S/c1-11-6-7-12(10-15(11)25(28)29)17(26)22-19-24-23-16(30-19)8-9-21-18(27)13-4-2-3-5-14(13)20/h2-7,10H,8-9H2,1H3,(H,21,27)(H,22,24,26). The molecule has 0 radical (unpaired) electrons. The Bertz CT molecular complexity index is 1120. The van der Waals surface area contributed by atoms with Crippen LogP contribution in [0, 0.1) is 17.0 Å². The van der Waals surface area contributed by atoms with Crippen molar-refractivity contribution in [1.29, 1.82) is 0 Å². The monoisotopic (exact) mass is 445 g/mol. The van der Waals surface area contributed by atoms with E-state index in [4.69, 9.17) is 11.6 Å². The molecule has 0 saturated carbocycles. The van der Waals surface area contributed by atoms with E-state index in [2.05, 4.69) is 20.8 Å². The number of nitrogens with one attached hydrogen (secondary N) is 2. The van der Waals surface area contributed by atoms with Crippen molar-refractivity contribution in [2.24, 2.45) is 0 Å². The van der Waals surface area contributed by atoms with Crippen LogP contribution in [0.1, 0.15) is 31.3 Å². The van der Waals surface area contributed by atoms with Gasteiger partial charge in [-0.15, -0.1) is 10.2 Å². The van der Waals surface area contributed by atoms with Gasteiger partial charge in [0.15, 0.2) is 0 Å². The molecule has 9 nitrogen and oxygen atoms in total. The average Bonchev–Trinajstić information content (AvgIpc) is 3.15. The van der Waals surface area contributed by atoms with Crippen LogP contribution in [0.25, 0.3) is 0 Å². The van der Waals surface area contributed by atoms with Gasteiger partial charge in [-0.3, -0.25) is 25.0 Å². The lowest BCUT2D eigenvalue weighted by Crippen LogP contribution is -2.25. The zero-order chi connectivity index (χ0) is 21.7. The smallest absolute Gasteiger partial charge is 0.273 e. The van der Waals surface area contributed by atoms with Crippen molar-refractivity contribution >= 4 is 45.6 Å². The summed E-state index contributed by atoms with van der Waals surface area (Å²) >= 11 is 7.15. The summed E-state index contributed by atoms with van der Waals surface area (Å²) in [6, 6.07) is 11.0. The zero-order valence-corrected chi connectivity index (χ0v) is 17.3. The third kappa shape index (κ3) is 5.16. The maximum atomic E-state index is 12.3. The average molecular weight is 446 g/mol. The highest BCUT2D eigenvalue weighted by atomic mass is 35.5. The summed E-state index contributed by atoms with van der Waals surface area (Å²) < 4.78 is 0. The van der Waals surface area contributed by atoms with Crippen molar-refractivity contribution in [3.8, 4) is 0 Å². The van der Waals surface area contributed by atoms with E-state index in [0.717, 1.165) is 11.3 Å². The summed E-state index contributed by atoms with van der Waals surface area (Å²) in [5, 5.41) is 25.5. The molecule has 0 aliphatic heterocycles. The fraction of sp³-hybridized carbons (Fsp3) is 0.158. The van der Waals surface area contributed by atoms with E-state index in [-0.39, 0.29) is 22.3 Å². The SMILES string of the molecule is Cc1ccc(C(=O)Nc2nnc(CCNC(=O)c3ccccc3Cl)s2)cc1[N+](=O)[O-]. The van der Waals surface area contributed by atoms with E-state index in [1.807, 2.05) is 0 Å². The van der Waals surface area contributed by atoms with Crippen LogP contribution in [-0.4, -0.2) is 33.5 Å². The number of benzene rings is 2. The first-order valence-electron chi connectivity index (χ1n) is 8.76. The van der Waals surface area contributed by atoms with Crippen LogP contribution < -0.4 is 10.6 Å². The van der Waals surface area contributed by atoms with Gasteiger partial charge in [-0.1, -0.05) is 41.1 Å². The first-order chi connectivity index (χ1) is 14.3. The Morgan fingerprint density at radius 2 is 1.93 bits per heavy atom. The van der Waals surface area contributed by atoms with Crippen molar-refractivity contribution in [3.05, 3.63) is 79.3 Å². The van der Waals surface area contributed by atoms with Crippen LogP contribution in [0.4, 0.5) is 10.8 Å². The highest BCUT2D eigenvalue weighted by Gasteiger charge is 2.16. The molecule has 0 aliphatic rings. The van der Waals surface area contributed by atoms with E-state index in [0.29, 0.717) is 34.1 Å². The lowest BCUT2D eigenvalue weighted by molar-refractivity contribution is -0.385. The van der Waals surface area contributed by atoms with E-state index >= 15 is 0 Å². The molecule has 3 aromatic rings. The van der Waals surface area contributed by atoms with Crippen LogP contribution >= 0.6 is 22.9 Å². The normalized spacial score (nSPS) is 10.5. The molecule has 0 unspecified atom stereocenters. The van der Waals surface area contributed by atoms with Crippen LogP contribution in [0.5, 0.6) is 0 Å². The number of nitrogens with zero attached hydrogens (tertiary/aromatic N) is 3. The fourth-order valence-corrected chi connectivity index (χ4v) is 3.50. The topological polar surface area (TPSA) is 127 Å². The Balaban J connectivity index is 1.56. The third-order valence-corrected chi connectivity index (χ3v) is 5.33. The van der Waals surface area contributed by atoms with Crippen molar-refractivity contribution < 1.29 is 14.5 Å². The molecule has 2 amide bonds. The van der Waals surface area contributed by atoms with Gasteiger partial charge in [0.2, 0.25) is 5.13 Å². The summed E-state index contributed by atoms with van der Waals surface area (Å²) in [6.45, 7) is 1.91. The second-order valence-corrected chi connectivity index (χ2v) is 7.67. The van der Waals surface area contributed by atoms with Gasteiger partial charge in [-0.2, -0.15) is 0 Å². The number of aryl methyl sites for hydroxylation is 1. The molecule has 1 heterocycles. The Labute approximate surface area is 180 Å². The van der Waals surface area contributed by atoms with Crippen LogP contribution in [0.3, 0.4) is 0 Å². The molecule has 3 rings (SSSR count). The highest BCUT2D eigenvalue weighted by Crippen LogP contribution is 2.21. The van der Waals surface area contributed by atoms with Crippen molar-refractivity contribution in [3.63, 3.8) is 0 Å². The van der Waals surface area contributed by atoms with Crippen molar-refractivity contribution in [1.82, 2.24) is 15.5 Å². The van der Waals surface area contributed by atoms with E-state index in [9.17, 15) is 19.7 Å². The lowest BCUT2D eigenvalue weighted by Gasteiger charge is -2.05. The molecule has 2 N–H and O–H groups in total. The highest BCUT2D eigenvalue weighted by molar-refractivity contribution is 7.15. The molecule has 11 heteroatoms. The molecule has 0 bridgehead atoms. The number of hydrogen-bond acceptors (Lipinski definition) is 7. The van der Waals surface area contributed by atoms with E-state index < -0.39 is 10.8 Å². The minimum atomic E-state index is -0.536. The lowest BCUT2D eigenvalue weighted by atomic mass is 10.1. The Morgan fingerprint density at radius 1 is 1.17 bits per heavy atom. The molecule has 0 atom stereocenters. The fourth-order valence-electron chi connectivity index (χ4n) is 2.55. The van der Waals surface area contributed by atoms with Gasteiger partial charge >= 0.3 is 0 Å². The minimum absolute atomic E-state index is 0.130. The largest absolute Gasteiger partial charge is 0.352 e. The third-order valence-electron chi connectivity index (χ3n) is 4.10. The van der Waals surface area contributed by atoms with E-state index in [1.54, 1.807) is 31.2 Å². The number of carbonyl (C=O) groups excluding carboxylic acids is 2. The number of nitro groups is 1. The number of halogens is 1. The quantitative estimate of drug-likeness (QED) is 0.422. The first kappa shape index (κ1) is 21.3. The number of nitro benzene ring substituents is 1. The van der Waals surface area contributed by atoms with Crippen LogP contribution in [0.2, 0.25) is 5.02 Å².